The monoisotopic (exact) mass is 153 g/mol. The van der Waals surface area contributed by atoms with Crippen LogP contribution in [0.4, 0.5) is 0 Å². The fourth-order valence-electron chi connectivity index (χ4n) is 1.35. The van der Waals surface area contributed by atoms with Crippen LogP contribution in [0.15, 0.2) is 12.5 Å². The van der Waals surface area contributed by atoms with Crippen LogP contribution < -0.4 is 5.32 Å². The second kappa shape index (κ2) is 2.06. The molecule has 1 fully saturated rings. The third-order valence-corrected chi connectivity index (χ3v) is 2.13. The number of aliphatic hydroxyl groups is 1. The second-order valence-corrected chi connectivity index (χ2v) is 3.02. The lowest BCUT2D eigenvalue weighted by atomic mass is 9.94. The van der Waals surface area contributed by atoms with E-state index in [1.54, 1.807) is 12.5 Å². The highest BCUT2D eigenvalue weighted by Gasteiger charge is 2.38. The van der Waals surface area contributed by atoms with Gasteiger partial charge in [0.1, 0.15) is 5.60 Å². The molecule has 0 unspecified atom stereocenters. The molecule has 4 heteroatoms. The zero-order valence-electron chi connectivity index (χ0n) is 6.41. The molecule has 0 aromatic carbocycles. The van der Waals surface area contributed by atoms with Crippen molar-refractivity contribution < 1.29 is 5.11 Å². The van der Waals surface area contributed by atoms with Crippen molar-refractivity contribution in [2.45, 2.75) is 5.60 Å². The van der Waals surface area contributed by atoms with Crippen LogP contribution in [0.3, 0.4) is 0 Å². The molecule has 2 heterocycles. The molecule has 1 aromatic rings. The van der Waals surface area contributed by atoms with Gasteiger partial charge in [-0.2, -0.15) is 0 Å². The summed E-state index contributed by atoms with van der Waals surface area (Å²) in [5.74, 6) is 0. The lowest BCUT2D eigenvalue weighted by Gasteiger charge is -2.37. The molecule has 0 spiro atoms. The molecule has 0 bridgehead atoms. The first-order chi connectivity index (χ1) is 5.22. The Labute approximate surface area is 64.9 Å². The van der Waals surface area contributed by atoms with Gasteiger partial charge >= 0.3 is 0 Å². The maximum Gasteiger partial charge on any atom is 0.131 e. The van der Waals surface area contributed by atoms with Gasteiger partial charge in [0, 0.05) is 20.1 Å². The predicted molar refractivity (Wildman–Crippen MR) is 40.0 cm³/mol. The molecule has 1 aromatic heterocycles. The molecule has 1 aliphatic rings. The van der Waals surface area contributed by atoms with Crippen LogP contribution in [0.25, 0.3) is 0 Å². The van der Waals surface area contributed by atoms with Crippen molar-refractivity contribution in [3.05, 3.63) is 18.2 Å². The molecule has 4 nitrogen and oxygen atoms in total. The Morgan fingerprint density at radius 3 is 2.82 bits per heavy atom. The first-order valence-corrected chi connectivity index (χ1v) is 3.62. The Balaban J connectivity index is 2.35. The maximum atomic E-state index is 9.83. The Morgan fingerprint density at radius 1 is 1.73 bits per heavy atom. The summed E-state index contributed by atoms with van der Waals surface area (Å²) in [4.78, 5) is 3.95. The molecule has 0 aliphatic carbocycles. The summed E-state index contributed by atoms with van der Waals surface area (Å²) in [6.07, 6.45) is 3.41. The molecule has 0 atom stereocenters. The van der Waals surface area contributed by atoms with E-state index < -0.39 is 5.60 Å². The molecule has 0 amide bonds. The van der Waals surface area contributed by atoms with Gasteiger partial charge in [-0.15, -0.1) is 0 Å². The van der Waals surface area contributed by atoms with Gasteiger partial charge in [0.15, 0.2) is 0 Å². The summed E-state index contributed by atoms with van der Waals surface area (Å²) in [7, 11) is 1.89. The van der Waals surface area contributed by atoms with Crippen molar-refractivity contribution in [2.75, 3.05) is 13.1 Å². The minimum Gasteiger partial charge on any atom is -0.381 e. The molecule has 0 radical (unpaired) electrons. The molecular weight excluding hydrogens is 142 g/mol. The number of hydrogen-bond acceptors (Lipinski definition) is 3. The average molecular weight is 153 g/mol. The van der Waals surface area contributed by atoms with E-state index in [-0.39, 0.29) is 0 Å². The van der Waals surface area contributed by atoms with Crippen LogP contribution in [-0.4, -0.2) is 27.7 Å². The number of nitrogens with one attached hydrogen (secondary N) is 1. The largest absolute Gasteiger partial charge is 0.381 e. The fourth-order valence-corrected chi connectivity index (χ4v) is 1.35. The van der Waals surface area contributed by atoms with Gasteiger partial charge in [0.25, 0.3) is 0 Å². The first kappa shape index (κ1) is 6.82. The minimum absolute atomic E-state index is 0.631. The Morgan fingerprint density at radius 2 is 2.45 bits per heavy atom. The van der Waals surface area contributed by atoms with E-state index in [9.17, 15) is 5.11 Å². The third-order valence-electron chi connectivity index (χ3n) is 2.13. The zero-order chi connectivity index (χ0) is 7.90. The van der Waals surface area contributed by atoms with Gasteiger partial charge in [-0.1, -0.05) is 0 Å². The van der Waals surface area contributed by atoms with Crippen molar-refractivity contribution in [3.8, 4) is 0 Å². The highest BCUT2D eigenvalue weighted by atomic mass is 16.3. The standard InChI is InChI=1S/C7H11N3O/c1-10-5-8-2-6(10)7(11)3-9-4-7/h2,5,9,11H,3-4H2,1H3. The highest BCUT2D eigenvalue weighted by molar-refractivity contribution is 5.15. The van der Waals surface area contributed by atoms with Crippen molar-refractivity contribution in [3.63, 3.8) is 0 Å². The van der Waals surface area contributed by atoms with Gasteiger partial charge in [-0.3, -0.25) is 0 Å². The molecule has 60 valence electrons. The maximum absolute atomic E-state index is 9.83. The van der Waals surface area contributed by atoms with E-state index >= 15 is 0 Å². The Bertz CT molecular complexity index is 264. The summed E-state index contributed by atoms with van der Waals surface area (Å²) in [6, 6.07) is 0. The molecule has 1 aliphatic heterocycles. The highest BCUT2D eigenvalue weighted by Crippen LogP contribution is 2.23. The lowest BCUT2D eigenvalue weighted by Crippen LogP contribution is -2.57. The van der Waals surface area contributed by atoms with E-state index in [2.05, 4.69) is 10.3 Å². The first-order valence-electron chi connectivity index (χ1n) is 3.62. The van der Waals surface area contributed by atoms with Gasteiger partial charge < -0.3 is 15.0 Å². The van der Waals surface area contributed by atoms with Crippen molar-refractivity contribution in [2.24, 2.45) is 7.05 Å². The molecule has 1 saturated heterocycles. The molecule has 11 heavy (non-hydrogen) atoms. The van der Waals surface area contributed by atoms with Crippen LogP contribution >= 0.6 is 0 Å². The normalized spacial score (nSPS) is 21.3. The zero-order valence-corrected chi connectivity index (χ0v) is 6.41. The van der Waals surface area contributed by atoms with Gasteiger partial charge in [-0.05, 0) is 0 Å². The van der Waals surface area contributed by atoms with Gasteiger partial charge in [-0.25, -0.2) is 4.98 Å². The van der Waals surface area contributed by atoms with Crippen LogP contribution in [0.2, 0.25) is 0 Å². The molecule has 2 N–H and O–H groups in total. The molecule has 0 saturated carbocycles. The fraction of sp³-hybridized carbons (Fsp3) is 0.571. The van der Waals surface area contributed by atoms with Crippen LogP contribution in [0.1, 0.15) is 5.69 Å². The van der Waals surface area contributed by atoms with Crippen molar-refractivity contribution >= 4 is 0 Å². The van der Waals surface area contributed by atoms with Crippen LogP contribution in [0, 0.1) is 0 Å². The predicted octanol–water partition coefficient (Wildman–Crippen LogP) is -0.789. The van der Waals surface area contributed by atoms with E-state index in [0.29, 0.717) is 13.1 Å². The summed E-state index contributed by atoms with van der Waals surface area (Å²) in [6.45, 7) is 1.26. The van der Waals surface area contributed by atoms with E-state index in [4.69, 9.17) is 0 Å². The van der Waals surface area contributed by atoms with Crippen LogP contribution in [-0.2, 0) is 12.6 Å². The minimum atomic E-state index is -0.675. The van der Waals surface area contributed by atoms with Crippen molar-refractivity contribution in [1.29, 1.82) is 0 Å². The number of aryl methyl sites for hydroxylation is 1. The Hall–Kier alpha value is -0.870. The quantitative estimate of drug-likeness (QED) is 0.556. The number of aromatic nitrogens is 2. The van der Waals surface area contributed by atoms with Crippen molar-refractivity contribution in [1.82, 2.24) is 14.9 Å². The van der Waals surface area contributed by atoms with Gasteiger partial charge in [0.2, 0.25) is 0 Å². The summed E-state index contributed by atoms with van der Waals surface area (Å²) < 4.78 is 1.85. The second-order valence-electron chi connectivity index (χ2n) is 3.02. The van der Waals surface area contributed by atoms with E-state index in [1.165, 1.54) is 0 Å². The van der Waals surface area contributed by atoms with E-state index in [0.717, 1.165) is 5.69 Å². The number of hydrogen-bond donors (Lipinski definition) is 2. The average Bonchev–Trinajstić information content (AvgIpc) is 2.30. The number of imidazole rings is 1. The van der Waals surface area contributed by atoms with E-state index in [1.807, 2.05) is 11.6 Å². The SMILES string of the molecule is Cn1cncc1C1(O)CNC1. The third kappa shape index (κ3) is 0.868. The lowest BCUT2D eigenvalue weighted by molar-refractivity contribution is -0.0209. The molecular formula is C7H11N3O. The summed E-state index contributed by atoms with van der Waals surface area (Å²) in [5.41, 5.74) is 0.210. The summed E-state index contributed by atoms with van der Waals surface area (Å²) in [5, 5.41) is 12.9. The topological polar surface area (TPSA) is 50.1 Å². The number of nitrogens with zero attached hydrogens (tertiary/aromatic N) is 2. The summed E-state index contributed by atoms with van der Waals surface area (Å²) >= 11 is 0. The Kier molecular flexibility index (Phi) is 1.27. The number of β-amino-alcohol motifs (C(OH)–C–C–N with tert-alkyl or cyclic N) is 1. The smallest absolute Gasteiger partial charge is 0.131 e. The number of rotatable bonds is 1. The van der Waals surface area contributed by atoms with Gasteiger partial charge in [0.05, 0.1) is 18.2 Å². The van der Waals surface area contributed by atoms with Crippen LogP contribution in [0.5, 0.6) is 0 Å². The molecule has 2 rings (SSSR count).